The first-order chi connectivity index (χ1) is 18.0. The van der Waals surface area contributed by atoms with Crippen molar-refractivity contribution in [2.45, 2.75) is 19.9 Å². The highest BCUT2D eigenvalue weighted by Gasteiger charge is 2.33. The molecule has 0 saturated heterocycles. The van der Waals surface area contributed by atoms with Crippen LogP contribution in [-0.4, -0.2) is 55.6 Å². The van der Waals surface area contributed by atoms with Crippen LogP contribution in [0.1, 0.15) is 28.8 Å². The van der Waals surface area contributed by atoms with Gasteiger partial charge in [0.2, 0.25) is 5.91 Å². The molecule has 6 rings (SSSR count). The first-order valence-corrected chi connectivity index (χ1v) is 12.4. The molecule has 0 atom stereocenters. The molecule has 3 aromatic rings. The van der Waals surface area contributed by atoms with Gasteiger partial charge in [-0.2, -0.15) is 0 Å². The van der Waals surface area contributed by atoms with E-state index < -0.39 is 0 Å². The average molecular weight is 561 g/mol. The smallest absolute Gasteiger partial charge is 0.272 e. The maximum absolute atomic E-state index is 13.2. The number of fused-ring (bicyclic) bond motifs is 2. The number of nitrogens with zero attached hydrogens (tertiary/aromatic N) is 6. The summed E-state index contributed by atoms with van der Waals surface area (Å²) in [6, 6.07) is 9.75. The molecule has 0 spiro atoms. The predicted molar refractivity (Wildman–Crippen MR) is 138 cm³/mol. The van der Waals surface area contributed by atoms with Crippen molar-refractivity contribution in [1.82, 2.24) is 35.5 Å². The molecule has 12 heteroatoms. The largest absolute Gasteiger partial charge is 0.472 e. The van der Waals surface area contributed by atoms with Crippen LogP contribution in [0.2, 0.25) is 0 Å². The topological polar surface area (TPSA) is 135 Å². The Morgan fingerprint density at radius 3 is 2.68 bits per heavy atom. The predicted octanol–water partition coefficient (Wildman–Crippen LogP) is 3.51. The third-order valence-corrected chi connectivity index (χ3v) is 7.46. The summed E-state index contributed by atoms with van der Waals surface area (Å²) in [6.45, 7) is 2.23. The number of benzene rings is 1. The van der Waals surface area contributed by atoms with Crippen molar-refractivity contribution in [2.75, 3.05) is 18.5 Å². The Labute approximate surface area is 219 Å². The van der Waals surface area contributed by atoms with Crippen LogP contribution in [0.4, 0.5) is 5.82 Å². The number of amides is 2. The number of anilines is 1. The van der Waals surface area contributed by atoms with E-state index in [4.69, 9.17) is 9.40 Å². The molecular weight excluding hydrogens is 540 g/mol. The molecule has 0 fully saturated rings. The summed E-state index contributed by atoms with van der Waals surface area (Å²) in [4.78, 5) is 31.8. The molecule has 1 aromatic carbocycles. The molecule has 0 radical (unpaired) electrons. The number of aromatic nitrogens is 6. The molecule has 2 aliphatic heterocycles. The van der Waals surface area contributed by atoms with Gasteiger partial charge in [-0.15, -0.1) is 5.10 Å². The Kier molecular flexibility index (Phi) is 5.60. The Morgan fingerprint density at radius 1 is 1.11 bits per heavy atom. The first-order valence-electron chi connectivity index (χ1n) is 11.6. The van der Waals surface area contributed by atoms with E-state index >= 15 is 0 Å². The van der Waals surface area contributed by atoms with Crippen molar-refractivity contribution in [1.29, 1.82) is 0 Å². The van der Waals surface area contributed by atoms with E-state index in [9.17, 15) is 9.59 Å². The van der Waals surface area contributed by atoms with Crippen molar-refractivity contribution in [3.05, 3.63) is 64.4 Å². The third kappa shape index (κ3) is 3.63. The number of H-pyrrole nitrogens is 1. The van der Waals surface area contributed by atoms with Crippen molar-refractivity contribution < 1.29 is 14.0 Å². The van der Waals surface area contributed by atoms with Gasteiger partial charge in [-0.25, -0.2) is 10.1 Å². The molecule has 1 aliphatic carbocycles. The van der Waals surface area contributed by atoms with E-state index in [1.54, 1.807) is 19.6 Å². The maximum Gasteiger partial charge on any atom is 0.272 e. The number of halogens is 1. The first kappa shape index (κ1) is 23.1. The van der Waals surface area contributed by atoms with Gasteiger partial charge in [0.15, 0.2) is 17.3 Å². The number of carbonyl (C=O) groups excluding carboxylic acids is 2. The minimum Gasteiger partial charge on any atom is -0.472 e. The fraction of sp³-hybridized carbons (Fsp3) is 0.200. The van der Waals surface area contributed by atoms with Crippen LogP contribution in [0, 0.1) is 0 Å². The highest BCUT2D eigenvalue weighted by atomic mass is 79.9. The average Bonchev–Trinajstić information content (AvgIpc) is 3.63. The fourth-order valence-electron chi connectivity index (χ4n) is 4.85. The van der Waals surface area contributed by atoms with Gasteiger partial charge in [0.25, 0.3) is 5.91 Å². The third-order valence-electron chi connectivity index (χ3n) is 6.64. The van der Waals surface area contributed by atoms with E-state index in [1.807, 2.05) is 41.8 Å². The van der Waals surface area contributed by atoms with E-state index in [1.165, 1.54) is 4.90 Å². The monoisotopic (exact) mass is 560 g/mol. The number of aromatic amines is 1. The van der Waals surface area contributed by atoms with E-state index in [2.05, 4.69) is 41.9 Å². The minimum atomic E-state index is -0.334. The van der Waals surface area contributed by atoms with Crippen LogP contribution in [0.5, 0.6) is 0 Å². The molecule has 2 N–H and O–H groups in total. The van der Waals surface area contributed by atoms with Crippen LogP contribution in [0.3, 0.4) is 0 Å². The van der Waals surface area contributed by atoms with Gasteiger partial charge in [-0.05, 0) is 49.1 Å². The summed E-state index contributed by atoms with van der Waals surface area (Å²) in [5.74, 6) is 1.04. The second-order valence-corrected chi connectivity index (χ2v) is 9.42. The normalized spacial score (nSPS) is 13.6. The number of nitrogens with one attached hydrogen (secondary N) is 2. The zero-order chi connectivity index (χ0) is 25.7. The van der Waals surface area contributed by atoms with Gasteiger partial charge in [0.05, 0.1) is 25.6 Å². The number of aryl methyl sites for hydroxylation is 1. The van der Waals surface area contributed by atoms with Crippen LogP contribution < -0.4 is 10.2 Å². The summed E-state index contributed by atoms with van der Waals surface area (Å²) >= 11 is 3.81. The van der Waals surface area contributed by atoms with Crippen LogP contribution in [-0.2, 0) is 17.8 Å². The van der Waals surface area contributed by atoms with Gasteiger partial charge >= 0.3 is 0 Å². The van der Waals surface area contributed by atoms with Gasteiger partial charge < -0.3 is 14.3 Å². The van der Waals surface area contributed by atoms with Crippen LogP contribution in [0.25, 0.3) is 33.6 Å². The Balaban J connectivity index is 1.60. The Hall–Kier alpha value is -4.32. The lowest BCUT2D eigenvalue weighted by molar-refractivity contribution is -0.117. The zero-order valence-electron chi connectivity index (χ0n) is 19.9. The number of hydrogen-bond donors (Lipinski definition) is 2. The number of likely N-dealkylation sites (N-methyl/N-ethyl adjacent to an activating group) is 1. The lowest BCUT2D eigenvalue weighted by Gasteiger charge is -2.15. The molecule has 3 aliphatic rings. The molecule has 2 amide bonds. The van der Waals surface area contributed by atoms with Gasteiger partial charge in [0, 0.05) is 34.6 Å². The van der Waals surface area contributed by atoms with Crippen molar-refractivity contribution in [3.8, 4) is 33.6 Å². The minimum absolute atomic E-state index is 0.0800. The lowest BCUT2D eigenvalue weighted by Crippen LogP contribution is -2.34. The van der Waals surface area contributed by atoms with E-state index in [0.29, 0.717) is 36.1 Å². The summed E-state index contributed by atoms with van der Waals surface area (Å²) in [6.07, 6.45) is 3.90. The highest BCUT2D eigenvalue weighted by molar-refractivity contribution is 9.10. The highest BCUT2D eigenvalue weighted by Crippen LogP contribution is 2.48. The zero-order valence-corrected chi connectivity index (χ0v) is 21.5. The fourth-order valence-corrected chi connectivity index (χ4v) is 5.61. The van der Waals surface area contributed by atoms with Gasteiger partial charge in [0.1, 0.15) is 5.82 Å². The number of tetrazole rings is 1. The number of rotatable bonds is 5. The lowest BCUT2D eigenvalue weighted by atomic mass is 9.97. The Bertz CT molecular complexity index is 1620. The summed E-state index contributed by atoms with van der Waals surface area (Å²) in [5.41, 5.74) is 5.81. The second kappa shape index (κ2) is 8.96. The van der Waals surface area contributed by atoms with Gasteiger partial charge in [-0.1, -0.05) is 31.2 Å². The maximum atomic E-state index is 13.2. The molecule has 0 saturated carbocycles. The molecular formula is C25H21BrN8O3. The van der Waals surface area contributed by atoms with E-state index in [0.717, 1.165) is 37.9 Å². The van der Waals surface area contributed by atoms with Gasteiger partial charge in [-0.3, -0.25) is 14.5 Å². The van der Waals surface area contributed by atoms with Crippen LogP contribution >= 0.6 is 15.9 Å². The number of imidazole rings is 1. The molecule has 2 aromatic heterocycles. The molecule has 186 valence electrons. The molecule has 0 bridgehead atoms. The van der Waals surface area contributed by atoms with Crippen molar-refractivity contribution in [2.24, 2.45) is 0 Å². The second-order valence-electron chi connectivity index (χ2n) is 8.62. The standard InChI is InChI=1S/C25H21BrN8O3/c1-3-18-28-24-22(25(36)27-10-19(35)33(24)2)34(18)11-16-13-8-9-37-12-17(13)21(26)20(16)14-6-4-5-7-15(14)23-29-31-32-30-23/h4-9,12H,3,10-11H2,1-2H3,(H,27,36)(H,29,30,31,32). The number of carbonyl (C=O) groups is 2. The molecule has 37 heavy (non-hydrogen) atoms. The summed E-state index contributed by atoms with van der Waals surface area (Å²) < 4.78 is 8.26. The van der Waals surface area contributed by atoms with Crippen molar-refractivity contribution >= 4 is 33.6 Å². The number of hydrogen-bond acceptors (Lipinski definition) is 7. The molecule has 0 unspecified atom stereocenters. The molecule has 11 nitrogen and oxygen atoms in total. The Morgan fingerprint density at radius 2 is 1.92 bits per heavy atom. The SMILES string of the molecule is CCc1nc2c(n1Cc1c3ccocc-3c(Br)c1-c1ccccc1-c1nnn[nH]1)C(=O)NCC(=O)N2C. The molecule has 4 heterocycles. The van der Waals surface area contributed by atoms with Crippen LogP contribution in [0.15, 0.2) is 51.7 Å². The quantitative estimate of drug-likeness (QED) is 0.335. The summed E-state index contributed by atoms with van der Waals surface area (Å²) in [5, 5.41) is 17.2. The van der Waals surface area contributed by atoms with Crippen molar-refractivity contribution in [3.63, 3.8) is 0 Å². The summed E-state index contributed by atoms with van der Waals surface area (Å²) in [7, 11) is 1.64. The van der Waals surface area contributed by atoms with E-state index in [-0.39, 0.29) is 18.4 Å².